The third kappa shape index (κ3) is 3.72. The van der Waals surface area contributed by atoms with Gasteiger partial charge in [-0.2, -0.15) is 0 Å². The molecule has 1 heterocycles. The second-order valence-corrected chi connectivity index (χ2v) is 11.1. The normalized spacial score (nSPS) is 47.7. The number of nitrogens with zero attached hydrogens (tertiary/aromatic N) is 1. The van der Waals surface area contributed by atoms with Gasteiger partial charge in [0.25, 0.3) is 0 Å². The standard InChI is InChI=1S/C24H37N3O3.ClH/c1-23-8-5-15(27-30-16-7-10-25-13-16)11-20(23)21(26-14-28)12-17-18-3-4-22(29)24(18,2)9-6-19(17)23;/h14,16-21,25H,3-13H2,1-2H3,(H,26,28);1H/b27-15-;/t16-,17+,18+,19+,20-,21+,23-,24+;/m1./s1. The number of carbonyl (C=O) groups is 2. The summed E-state index contributed by atoms with van der Waals surface area (Å²) in [5.74, 6) is 2.58. The Bertz CT molecular complexity index is 740. The summed E-state index contributed by atoms with van der Waals surface area (Å²) in [6, 6.07) is 0.172. The van der Waals surface area contributed by atoms with Crippen LogP contribution in [0.15, 0.2) is 5.16 Å². The molecule has 1 aliphatic heterocycles. The zero-order valence-corrected chi connectivity index (χ0v) is 19.7. The maximum Gasteiger partial charge on any atom is 0.207 e. The predicted molar refractivity (Wildman–Crippen MR) is 122 cm³/mol. The lowest BCUT2D eigenvalue weighted by Gasteiger charge is -2.61. The van der Waals surface area contributed by atoms with Gasteiger partial charge in [0.05, 0.1) is 5.71 Å². The van der Waals surface area contributed by atoms with E-state index in [1.807, 2.05) is 0 Å². The van der Waals surface area contributed by atoms with Crippen LogP contribution in [0.4, 0.5) is 0 Å². The van der Waals surface area contributed by atoms with Crippen LogP contribution < -0.4 is 10.6 Å². The van der Waals surface area contributed by atoms with E-state index in [9.17, 15) is 9.59 Å². The molecule has 0 unspecified atom stereocenters. The maximum atomic E-state index is 12.7. The highest BCUT2D eigenvalue weighted by atomic mass is 35.5. The molecule has 1 amide bonds. The highest BCUT2D eigenvalue weighted by molar-refractivity contribution is 5.87. The lowest BCUT2D eigenvalue weighted by molar-refractivity contribution is -0.140. The van der Waals surface area contributed by atoms with Crippen molar-refractivity contribution in [2.75, 3.05) is 13.1 Å². The van der Waals surface area contributed by atoms with Crippen molar-refractivity contribution in [1.29, 1.82) is 0 Å². The largest absolute Gasteiger partial charge is 0.391 e. The Morgan fingerprint density at radius 3 is 2.71 bits per heavy atom. The van der Waals surface area contributed by atoms with Gasteiger partial charge in [0.2, 0.25) is 6.41 Å². The van der Waals surface area contributed by atoms with Gasteiger partial charge in [-0.1, -0.05) is 19.0 Å². The number of Topliss-reactive ketones (excluding diaryl/α,β-unsaturated/α-hetero) is 1. The van der Waals surface area contributed by atoms with Crippen molar-refractivity contribution in [3.05, 3.63) is 0 Å². The summed E-state index contributed by atoms with van der Waals surface area (Å²) in [5, 5.41) is 11.1. The van der Waals surface area contributed by atoms with Gasteiger partial charge in [-0.3, -0.25) is 9.59 Å². The molecule has 5 aliphatic rings. The number of ketones is 1. The fourth-order valence-electron chi connectivity index (χ4n) is 8.14. The van der Waals surface area contributed by atoms with Gasteiger partial charge in [-0.05, 0) is 80.6 Å². The van der Waals surface area contributed by atoms with E-state index in [0.29, 0.717) is 29.5 Å². The molecule has 6 nitrogen and oxygen atoms in total. The fourth-order valence-corrected chi connectivity index (χ4v) is 8.14. The van der Waals surface area contributed by atoms with Gasteiger partial charge in [-0.15, -0.1) is 12.4 Å². The molecule has 8 atom stereocenters. The Morgan fingerprint density at radius 1 is 1.13 bits per heavy atom. The molecule has 0 spiro atoms. The van der Waals surface area contributed by atoms with Crippen LogP contribution in [0.1, 0.15) is 71.6 Å². The van der Waals surface area contributed by atoms with Gasteiger partial charge >= 0.3 is 0 Å². The molecule has 5 rings (SSSR count). The molecule has 4 saturated carbocycles. The van der Waals surface area contributed by atoms with Crippen LogP contribution in [0.5, 0.6) is 0 Å². The number of oxime groups is 1. The smallest absolute Gasteiger partial charge is 0.207 e. The second kappa shape index (κ2) is 8.66. The number of carbonyl (C=O) groups excluding carboxylic acids is 2. The van der Waals surface area contributed by atoms with Crippen LogP contribution in [-0.4, -0.2) is 43.1 Å². The molecule has 2 N–H and O–H groups in total. The molecule has 0 aromatic carbocycles. The average Bonchev–Trinajstić information content (AvgIpc) is 3.35. The number of fused-ring (bicyclic) bond motifs is 5. The lowest BCUT2D eigenvalue weighted by atomic mass is 9.44. The first-order valence-electron chi connectivity index (χ1n) is 12.1. The Balaban J connectivity index is 0.00000231. The molecule has 0 aromatic rings. The minimum absolute atomic E-state index is 0. The topological polar surface area (TPSA) is 79.8 Å². The van der Waals surface area contributed by atoms with Crippen molar-refractivity contribution in [1.82, 2.24) is 10.6 Å². The van der Waals surface area contributed by atoms with E-state index in [1.165, 1.54) is 0 Å². The minimum Gasteiger partial charge on any atom is -0.391 e. The maximum absolute atomic E-state index is 12.7. The minimum atomic E-state index is -0.124. The molecule has 174 valence electrons. The van der Waals surface area contributed by atoms with Crippen LogP contribution in [0.2, 0.25) is 0 Å². The third-order valence-corrected chi connectivity index (χ3v) is 9.89. The van der Waals surface area contributed by atoms with Crippen LogP contribution in [0.3, 0.4) is 0 Å². The van der Waals surface area contributed by atoms with Crippen molar-refractivity contribution in [2.45, 2.75) is 83.8 Å². The lowest BCUT2D eigenvalue weighted by Crippen LogP contribution is -2.60. The molecule has 31 heavy (non-hydrogen) atoms. The van der Waals surface area contributed by atoms with E-state index in [2.05, 4.69) is 29.6 Å². The zero-order valence-electron chi connectivity index (χ0n) is 18.9. The summed E-state index contributed by atoms with van der Waals surface area (Å²) >= 11 is 0. The highest BCUT2D eigenvalue weighted by Crippen LogP contribution is 2.65. The van der Waals surface area contributed by atoms with E-state index in [-0.39, 0.29) is 35.4 Å². The Morgan fingerprint density at radius 2 is 1.97 bits per heavy atom. The van der Waals surface area contributed by atoms with E-state index in [0.717, 1.165) is 83.0 Å². The van der Waals surface area contributed by atoms with Crippen molar-refractivity contribution in [3.63, 3.8) is 0 Å². The number of amides is 1. The summed E-state index contributed by atoms with van der Waals surface area (Å²) in [6.45, 7) is 6.58. The second-order valence-electron chi connectivity index (χ2n) is 11.1. The third-order valence-electron chi connectivity index (χ3n) is 9.89. The number of rotatable bonds is 4. The summed E-state index contributed by atoms with van der Waals surface area (Å²) in [5.41, 5.74) is 1.24. The fraction of sp³-hybridized carbons (Fsp3) is 0.875. The molecular formula is C24H38ClN3O3. The monoisotopic (exact) mass is 451 g/mol. The summed E-state index contributed by atoms with van der Waals surface area (Å²) in [7, 11) is 0. The molecule has 1 saturated heterocycles. The molecule has 5 fully saturated rings. The SMILES string of the molecule is C[C@]12CC/C(=N/O[C@@H]3CCNC3)C[C@@H]1[C@@H](NC=O)C[C@@H]1[C@@H]2CC[C@]2(C)C(=O)CC[C@@H]12.Cl. The average molecular weight is 452 g/mol. The van der Waals surface area contributed by atoms with Gasteiger partial charge < -0.3 is 15.5 Å². The first-order valence-corrected chi connectivity index (χ1v) is 12.1. The summed E-state index contributed by atoms with van der Waals surface area (Å²) in [6.07, 6.45) is 10.1. The van der Waals surface area contributed by atoms with Crippen molar-refractivity contribution in [2.24, 2.45) is 39.7 Å². The van der Waals surface area contributed by atoms with E-state index < -0.39 is 0 Å². The van der Waals surface area contributed by atoms with Crippen molar-refractivity contribution in [3.8, 4) is 0 Å². The first kappa shape index (κ1) is 23.0. The number of hydrogen-bond acceptors (Lipinski definition) is 5. The van der Waals surface area contributed by atoms with E-state index in [4.69, 9.17) is 4.84 Å². The van der Waals surface area contributed by atoms with E-state index in [1.54, 1.807) is 0 Å². The quantitative estimate of drug-likeness (QED) is 0.506. The summed E-state index contributed by atoms with van der Waals surface area (Å²) in [4.78, 5) is 30.0. The van der Waals surface area contributed by atoms with Crippen LogP contribution in [-0.2, 0) is 14.4 Å². The Hall–Kier alpha value is -1.14. The highest BCUT2D eigenvalue weighted by Gasteiger charge is 2.62. The first-order chi connectivity index (χ1) is 14.5. The van der Waals surface area contributed by atoms with Crippen LogP contribution in [0, 0.1) is 34.5 Å². The predicted octanol–water partition coefficient (Wildman–Crippen LogP) is 3.48. The van der Waals surface area contributed by atoms with Crippen molar-refractivity contribution < 1.29 is 14.4 Å². The van der Waals surface area contributed by atoms with Gasteiger partial charge in [0.1, 0.15) is 11.9 Å². The Kier molecular flexibility index (Phi) is 6.43. The zero-order chi connectivity index (χ0) is 20.9. The molecular weight excluding hydrogens is 414 g/mol. The number of nitrogens with one attached hydrogen (secondary N) is 2. The van der Waals surface area contributed by atoms with Gasteiger partial charge in [0, 0.05) is 30.8 Å². The summed E-state index contributed by atoms with van der Waals surface area (Å²) < 4.78 is 0. The molecule has 0 aromatic heterocycles. The van der Waals surface area contributed by atoms with Gasteiger partial charge in [0.15, 0.2) is 0 Å². The van der Waals surface area contributed by atoms with Gasteiger partial charge in [-0.25, -0.2) is 0 Å². The van der Waals surface area contributed by atoms with E-state index >= 15 is 0 Å². The molecule has 0 bridgehead atoms. The molecule has 7 heteroatoms. The molecule has 4 aliphatic carbocycles. The molecule has 0 radical (unpaired) electrons. The number of hydrogen-bond donors (Lipinski definition) is 2. The van der Waals surface area contributed by atoms with Crippen LogP contribution in [0.25, 0.3) is 0 Å². The number of halogens is 1. The Labute approximate surface area is 192 Å². The van der Waals surface area contributed by atoms with Crippen LogP contribution >= 0.6 is 12.4 Å². The van der Waals surface area contributed by atoms with Crippen molar-refractivity contribution >= 4 is 30.3 Å².